The molecule has 0 aliphatic heterocycles. The van der Waals surface area contributed by atoms with E-state index in [1.165, 1.54) is 37.7 Å². The van der Waals surface area contributed by atoms with E-state index in [0.717, 1.165) is 37.0 Å². The van der Waals surface area contributed by atoms with Gasteiger partial charge < -0.3 is 9.47 Å². The Kier molecular flexibility index (Phi) is 13.3. The lowest BCUT2D eigenvalue weighted by atomic mass is 10.0. The molecular formula is C29H43NO3. The number of ether oxygens (including phenoxy) is 2. The number of unbranched alkanes of at least 4 members (excludes halogenated alkanes) is 6. The number of aryl methyl sites for hydroxylation is 1. The van der Waals surface area contributed by atoms with Crippen molar-refractivity contribution in [2.45, 2.75) is 96.8 Å². The highest BCUT2D eigenvalue weighted by atomic mass is 16.6. The molecule has 0 saturated carbocycles. The van der Waals surface area contributed by atoms with Crippen molar-refractivity contribution in [1.82, 2.24) is 5.32 Å². The molecule has 4 heteroatoms. The first-order chi connectivity index (χ1) is 16.2. The second-order valence-corrected chi connectivity index (χ2v) is 8.79. The number of nitrogens with one attached hydrogen (secondary N) is 1. The van der Waals surface area contributed by atoms with Crippen LogP contribution in [0.3, 0.4) is 0 Å². The maximum absolute atomic E-state index is 12.4. The van der Waals surface area contributed by atoms with E-state index in [1.54, 1.807) is 0 Å². The Balaban J connectivity index is 1.92. The lowest BCUT2D eigenvalue weighted by Crippen LogP contribution is -2.33. The molecule has 2 aromatic rings. The summed E-state index contributed by atoms with van der Waals surface area (Å²) in [6.07, 6.45) is 10.8. The van der Waals surface area contributed by atoms with Gasteiger partial charge in [-0.2, -0.15) is 0 Å². The van der Waals surface area contributed by atoms with Crippen molar-refractivity contribution < 1.29 is 14.3 Å². The van der Waals surface area contributed by atoms with Gasteiger partial charge in [0, 0.05) is 12.8 Å². The molecule has 33 heavy (non-hydrogen) atoms. The van der Waals surface area contributed by atoms with Crippen molar-refractivity contribution in [1.29, 1.82) is 0 Å². The Morgan fingerprint density at radius 1 is 0.879 bits per heavy atom. The summed E-state index contributed by atoms with van der Waals surface area (Å²) in [6.45, 7) is 4.41. The number of hydrogen-bond acceptors (Lipinski definition) is 4. The van der Waals surface area contributed by atoms with Gasteiger partial charge in [-0.25, -0.2) is 0 Å². The summed E-state index contributed by atoms with van der Waals surface area (Å²) in [6, 6.07) is 18.4. The monoisotopic (exact) mass is 453 g/mol. The molecule has 0 aliphatic carbocycles. The Hall–Kier alpha value is -2.33. The molecule has 0 bridgehead atoms. The van der Waals surface area contributed by atoms with Gasteiger partial charge in [0.25, 0.3) is 0 Å². The van der Waals surface area contributed by atoms with Gasteiger partial charge in [-0.3, -0.25) is 10.1 Å². The topological polar surface area (TPSA) is 47.6 Å². The van der Waals surface area contributed by atoms with Gasteiger partial charge in [0.1, 0.15) is 11.9 Å². The van der Waals surface area contributed by atoms with E-state index in [0.29, 0.717) is 12.8 Å². The van der Waals surface area contributed by atoms with Crippen molar-refractivity contribution >= 4 is 5.97 Å². The number of carbonyl (C=O) groups is 1. The number of benzene rings is 2. The van der Waals surface area contributed by atoms with E-state index in [-0.39, 0.29) is 12.1 Å². The quantitative estimate of drug-likeness (QED) is 0.154. The molecule has 0 amide bonds. The Bertz CT molecular complexity index is 777. The number of esters is 1. The normalized spacial score (nSPS) is 12.8. The Morgan fingerprint density at radius 2 is 1.61 bits per heavy atom. The van der Waals surface area contributed by atoms with Crippen LogP contribution in [0.15, 0.2) is 54.6 Å². The minimum Gasteiger partial charge on any atom is -0.486 e. The molecule has 2 aromatic carbocycles. The highest BCUT2D eigenvalue weighted by Crippen LogP contribution is 2.27. The fraction of sp³-hybridized carbons (Fsp3) is 0.552. The molecule has 2 rings (SSSR count). The fourth-order valence-corrected chi connectivity index (χ4v) is 4.01. The molecular weight excluding hydrogens is 410 g/mol. The van der Waals surface area contributed by atoms with Crippen LogP contribution in [0.5, 0.6) is 5.75 Å². The first-order valence-corrected chi connectivity index (χ1v) is 12.8. The zero-order valence-corrected chi connectivity index (χ0v) is 20.9. The van der Waals surface area contributed by atoms with Gasteiger partial charge in [0.05, 0.1) is 0 Å². The molecule has 0 radical (unpaired) electrons. The molecule has 0 spiro atoms. The standard InChI is InChI=1S/C29H43NO3/c1-4-6-7-8-9-10-14-21-29(31)33-28(30-3)23-27(25-18-12-11-13-19-25)32-26-20-15-17-24(22-26)16-5-2/h11-13,15,17-20,22,27-28,30H,4-10,14,16,21,23H2,1-3H3. The summed E-state index contributed by atoms with van der Waals surface area (Å²) in [5, 5.41) is 3.15. The molecule has 2 unspecified atom stereocenters. The average Bonchev–Trinajstić information content (AvgIpc) is 2.83. The Morgan fingerprint density at radius 3 is 2.30 bits per heavy atom. The summed E-state index contributed by atoms with van der Waals surface area (Å²) < 4.78 is 12.2. The third-order valence-corrected chi connectivity index (χ3v) is 5.90. The molecule has 0 heterocycles. The van der Waals surface area contributed by atoms with E-state index in [2.05, 4.69) is 43.4 Å². The maximum Gasteiger partial charge on any atom is 0.307 e. The maximum atomic E-state index is 12.4. The minimum atomic E-state index is -0.397. The molecule has 1 N–H and O–H groups in total. The van der Waals surface area contributed by atoms with Crippen LogP contribution >= 0.6 is 0 Å². The zero-order chi connectivity index (χ0) is 23.7. The molecule has 182 valence electrons. The number of rotatable bonds is 17. The van der Waals surface area contributed by atoms with Crippen LogP contribution in [0.4, 0.5) is 0 Å². The number of hydrogen-bond donors (Lipinski definition) is 1. The number of carbonyl (C=O) groups excluding carboxylic acids is 1. The van der Waals surface area contributed by atoms with Gasteiger partial charge in [-0.05, 0) is 43.1 Å². The molecule has 0 aliphatic rings. The van der Waals surface area contributed by atoms with Crippen LogP contribution in [-0.2, 0) is 16.0 Å². The van der Waals surface area contributed by atoms with Crippen LogP contribution < -0.4 is 10.1 Å². The van der Waals surface area contributed by atoms with E-state index in [9.17, 15) is 4.79 Å². The highest BCUT2D eigenvalue weighted by Gasteiger charge is 2.22. The van der Waals surface area contributed by atoms with Gasteiger partial charge in [0.15, 0.2) is 6.23 Å². The van der Waals surface area contributed by atoms with Crippen molar-refractivity contribution in [3.05, 3.63) is 65.7 Å². The third-order valence-electron chi connectivity index (χ3n) is 5.90. The molecule has 2 atom stereocenters. The first-order valence-electron chi connectivity index (χ1n) is 12.8. The van der Waals surface area contributed by atoms with E-state index >= 15 is 0 Å². The minimum absolute atomic E-state index is 0.139. The molecule has 0 aromatic heterocycles. The fourth-order valence-electron chi connectivity index (χ4n) is 4.01. The van der Waals surface area contributed by atoms with E-state index < -0.39 is 6.23 Å². The summed E-state index contributed by atoms with van der Waals surface area (Å²) in [5.41, 5.74) is 2.34. The van der Waals surface area contributed by atoms with Gasteiger partial charge in [0.2, 0.25) is 0 Å². The third kappa shape index (κ3) is 10.9. The SMILES string of the molecule is CCCCCCCCCC(=O)OC(CC(Oc1cccc(CCC)c1)c1ccccc1)NC. The predicted molar refractivity (Wildman–Crippen MR) is 136 cm³/mol. The zero-order valence-electron chi connectivity index (χ0n) is 20.9. The summed E-state index contributed by atoms with van der Waals surface area (Å²) in [5.74, 6) is 0.707. The second kappa shape index (κ2) is 16.3. The van der Waals surface area contributed by atoms with E-state index in [1.807, 2.05) is 37.4 Å². The van der Waals surface area contributed by atoms with Gasteiger partial charge in [-0.15, -0.1) is 0 Å². The largest absolute Gasteiger partial charge is 0.486 e. The van der Waals surface area contributed by atoms with Crippen molar-refractivity contribution in [3.63, 3.8) is 0 Å². The van der Waals surface area contributed by atoms with Crippen molar-refractivity contribution in [2.24, 2.45) is 0 Å². The predicted octanol–water partition coefficient (Wildman–Crippen LogP) is 7.38. The summed E-state index contributed by atoms with van der Waals surface area (Å²) in [4.78, 5) is 12.4. The van der Waals surface area contributed by atoms with E-state index in [4.69, 9.17) is 9.47 Å². The van der Waals surface area contributed by atoms with Crippen molar-refractivity contribution in [2.75, 3.05) is 7.05 Å². The van der Waals surface area contributed by atoms with Crippen LogP contribution in [0.2, 0.25) is 0 Å². The highest BCUT2D eigenvalue weighted by molar-refractivity contribution is 5.69. The first kappa shape index (κ1) is 26.9. The van der Waals surface area contributed by atoms with Crippen LogP contribution in [0.1, 0.15) is 95.3 Å². The molecule has 4 nitrogen and oxygen atoms in total. The molecule has 0 fully saturated rings. The lowest BCUT2D eigenvalue weighted by molar-refractivity contribution is -0.152. The van der Waals surface area contributed by atoms with Gasteiger partial charge in [-0.1, -0.05) is 101 Å². The van der Waals surface area contributed by atoms with Crippen LogP contribution in [0.25, 0.3) is 0 Å². The summed E-state index contributed by atoms with van der Waals surface area (Å²) in [7, 11) is 1.83. The van der Waals surface area contributed by atoms with Crippen molar-refractivity contribution in [3.8, 4) is 5.75 Å². The average molecular weight is 454 g/mol. The van der Waals surface area contributed by atoms with Gasteiger partial charge >= 0.3 is 5.97 Å². The molecule has 0 saturated heterocycles. The smallest absolute Gasteiger partial charge is 0.307 e. The second-order valence-electron chi connectivity index (χ2n) is 8.79. The Labute approximate surface area is 201 Å². The lowest BCUT2D eigenvalue weighted by Gasteiger charge is -2.25. The van der Waals surface area contributed by atoms with Crippen LogP contribution in [-0.4, -0.2) is 19.2 Å². The summed E-state index contributed by atoms with van der Waals surface area (Å²) >= 11 is 0. The van der Waals surface area contributed by atoms with Crippen LogP contribution in [0, 0.1) is 0 Å².